The number of ether oxygens (including phenoxy) is 2. The smallest absolute Gasteiger partial charge is 0.145 e. The molecule has 3 nitrogen and oxygen atoms in total. The first kappa shape index (κ1) is 17.6. The summed E-state index contributed by atoms with van der Waals surface area (Å²) in [6.45, 7) is 6.30. The Kier molecular flexibility index (Phi) is 5.54. The third-order valence-corrected chi connectivity index (χ3v) is 5.05. The molecule has 0 bridgehead atoms. The van der Waals surface area contributed by atoms with Crippen LogP contribution in [-0.4, -0.2) is 28.3 Å². The first-order valence-corrected chi connectivity index (χ1v) is 8.65. The van der Waals surface area contributed by atoms with Crippen molar-refractivity contribution in [1.29, 1.82) is 0 Å². The summed E-state index contributed by atoms with van der Waals surface area (Å²) in [5.41, 5.74) is 4.67. The second-order valence-corrected chi connectivity index (χ2v) is 7.41. The van der Waals surface area contributed by atoms with E-state index in [1.165, 1.54) is 27.3 Å². The van der Waals surface area contributed by atoms with Crippen LogP contribution in [0, 0.1) is 20.8 Å². The van der Waals surface area contributed by atoms with Crippen LogP contribution in [0.3, 0.4) is 0 Å². The molecule has 0 heterocycles. The Morgan fingerprint density at radius 1 is 0.739 bits per heavy atom. The highest BCUT2D eigenvalue weighted by molar-refractivity contribution is 7.55. The van der Waals surface area contributed by atoms with Gasteiger partial charge in [-0.15, -0.1) is 0 Å². The number of hydrogen-bond donors (Lipinski definition) is 0. The molecule has 0 aromatic heterocycles. The Morgan fingerprint density at radius 2 is 1.17 bits per heavy atom. The van der Waals surface area contributed by atoms with Crippen molar-refractivity contribution in [2.24, 2.45) is 0 Å². The molecule has 1 atom stereocenters. The van der Waals surface area contributed by atoms with Crippen LogP contribution in [0.15, 0.2) is 24.3 Å². The van der Waals surface area contributed by atoms with Gasteiger partial charge in [0.25, 0.3) is 0 Å². The molecule has 2 aromatic carbocycles. The van der Waals surface area contributed by atoms with Crippen LogP contribution in [0.25, 0.3) is 0 Å². The molecule has 2 rings (SSSR count). The Hall–Kier alpha value is -1.73. The van der Waals surface area contributed by atoms with E-state index in [0.717, 1.165) is 17.2 Å². The molecule has 0 saturated carbocycles. The Labute approximate surface area is 141 Å². The number of benzene rings is 2. The monoisotopic (exact) mass is 331 g/mol. The average Bonchev–Trinajstić information content (AvgIpc) is 2.46. The molecule has 0 spiro atoms. The molecule has 0 saturated heterocycles. The lowest BCUT2D eigenvalue weighted by molar-refractivity contribution is 0.409. The summed E-state index contributed by atoms with van der Waals surface area (Å²) in [6, 6.07) is 8.89. The van der Waals surface area contributed by atoms with Gasteiger partial charge in [0.1, 0.15) is 11.5 Å². The second kappa shape index (κ2) is 7.23. The Morgan fingerprint density at radius 3 is 1.61 bits per heavy atom. The summed E-state index contributed by atoms with van der Waals surface area (Å²) in [5.74, 6) is 1.93. The number of aryl methyl sites for hydroxylation is 3. The third-order valence-electron chi connectivity index (χ3n) is 3.89. The van der Waals surface area contributed by atoms with Crippen molar-refractivity contribution < 1.29 is 9.47 Å². The van der Waals surface area contributed by atoms with Gasteiger partial charge in [-0.2, -0.15) is 0 Å². The van der Waals surface area contributed by atoms with E-state index in [4.69, 9.17) is 9.47 Å². The van der Waals surface area contributed by atoms with Crippen LogP contribution < -0.4 is 25.0 Å². The van der Waals surface area contributed by atoms with Gasteiger partial charge in [-0.05, 0) is 72.3 Å². The number of methoxy groups -OCH3 is 2. The van der Waals surface area contributed by atoms with Crippen molar-refractivity contribution >= 4 is 24.9 Å². The predicted octanol–water partition coefficient (Wildman–Crippen LogP) is 3.32. The van der Waals surface area contributed by atoms with Crippen LogP contribution >= 0.6 is 8.58 Å². The van der Waals surface area contributed by atoms with Gasteiger partial charge in [0.05, 0.1) is 19.9 Å². The molecule has 0 aliphatic rings. The summed E-state index contributed by atoms with van der Waals surface area (Å²) < 4.78 is 11.0. The summed E-state index contributed by atoms with van der Waals surface area (Å²) >= 11 is 0. The summed E-state index contributed by atoms with van der Waals surface area (Å²) in [6.07, 6.45) is 0. The third kappa shape index (κ3) is 3.79. The van der Waals surface area contributed by atoms with Crippen molar-refractivity contribution in [1.82, 2.24) is 0 Å². The Bertz CT molecular complexity index is 688. The number of rotatable bonds is 5. The molecule has 2 aromatic rings. The molecule has 0 aliphatic carbocycles. The lowest BCUT2D eigenvalue weighted by Crippen LogP contribution is -2.14. The van der Waals surface area contributed by atoms with Gasteiger partial charge < -0.3 is 14.4 Å². The summed E-state index contributed by atoms with van der Waals surface area (Å²) in [7, 11) is 8.17. The van der Waals surface area contributed by atoms with Crippen molar-refractivity contribution in [3.8, 4) is 11.5 Å². The molecule has 23 heavy (non-hydrogen) atoms. The zero-order chi connectivity index (χ0) is 17.1. The fourth-order valence-corrected chi connectivity index (χ4v) is 4.34. The zero-order valence-electron chi connectivity index (χ0n) is 15.1. The van der Waals surface area contributed by atoms with E-state index in [0.29, 0.717) is 8.58 Å². The predicted molar refractivity (Wildman–Crippen MR) is 102 cm³/mol. The van der Waals surface area contributed by atoms with Gasteiger partial charge in [-0.25, -0.2) is 0 Å². The summed E-state index contributed by atoms with van der Waals surface area (Å²) in [4.78, 5) is 2.10. The van der Waals surface area contributed by atoms with Gasteiger partial charge in [0.15, 0.2) is 0 Å². The normalized spacial score (nSPS) is 11.1. The molecule has 1 unspecified atom stereocenters. The van der Waals surface area contributed by atoms with Gasteiger partial charge in [0.2, 0.25) is 0 Å². The minimum atomic E-state index is 0.613. The van der Waals surface area contributed by atoms with Crippen LogP contribution in [0.1, 0.15) is 16.7 Å². The average molecular weight is 331 g/mol. The lowest BCUT2D eigenvalue weighted by Gasteiger charge is -2.20. The van der Waals surface area contributed by atoms with Gasteiger partial charge >= 0.3 is 0 Å². The van der Waals surface area contributed by atoms with Crippen molar-refractivity contribution in [3.05, 3.63) is 41.0 Å². The first-order valence-electron chi connectivity index (χ1n) is 7.65. The molecule has 0 radical (unpaired) electrons. The minimum absolute atomic E-state index is 0.613. The van der Waals surface area contributed by atoms with E-state index in [1.807, 2.05) is 14.1 Å². The standard InChI is InChI=1S/C19H26NO2P/c1-12-8-15(9-13(2)18(12)21-6)23-16-10-14(3)19(22-7)17(11-16)20(4)5/h8-11,23H,1-7H3. The van der Waals surface area contributed by atoms with E-state index in [1.54, 1.807) is 14.2 Å². The van der Waals surface area contributed by atoms with E-state index < -0.39 is 0 Å². The second-order valence-electron chi connectivity index (χ2n) is 6.01. The SMILES string of the molecule is COc1c(C)cc(Pc2cc(C)c(OC)c(N(C)C)c2)cc1C. The zero-order valence-corrected chi connectivity index (χ0v) is 16.1. The van der Waals surface area contributed by atoms with Crippen LogP contribution in [0.2, 0.25) is 0 Å². The highest BCUT2D eigenvalue weighted by Crippen LogP contribution is 2.32. The maximum Gasteiger partial charge on any atom is 0.145 e. The molecule has 124 valence electrons. The van der Waals surface area contributed by atoms with Crippen molar-refractivity contribution in [3.63, 3.8) is 0 Å². The van der Waals surface area contributed by atoms with Gasteiger partial charge in [-0.1, -0.05) is 8.58 Å². The maximum atomic E-state index is 5.56. The Balaban J connectivity index is 2.41. The van der Waals surface area contributed by atoms with Crippen LogP contribution in [0.5, 0.6) is 11.5 Å². The lowest BCUT2D eigenvalue weighted by atomic mass is 10.1. The molecule has 0 fully saturated rings. The summed E-state index contributed by atoms with van der Waals surface area (Å²) in [5, 5.41) is 2.64. The van der Waals surface area contributed by atoms with E-state index in [9.17, 15) is 0 Å². The van der Waals surface area contributed by atoms with E-state index in [2.05, 4.69) is 49.9 Å². The van der Waals surface area contributed by atoms with Crippen molar-refractivity contribution in [2.75, 3.05) is 33.2 Å². The highest BCUT2D eigenvalue weighted by atomic mass is 31.1. The van der Waals surface area contributed by atoms with Gasteiger partial charge in [0, 0.05) is 14.1 Å². The molecular weight excluding hydrogens is 305 g/mol. The highest BCUT2D eigenvalue weighted by Gasteiger charge is 2.12. The van der Waals surface area contributed by atoms with E-state index in [-0.39, 0.29) is 0 Å². The fraction of sp³-hybridized carbons (Fsp3) is 0.368. The quantitative estimate of drug-likeness (QED) is 0.785. The molecular formula is C19H26NO2P. The number of anilines is 1. The number of nitrogens with zero attached hydrogens (tertiary/aromatic N) is 1. The molecule has 0 N–H and O–H groups in total. The topological polar surface area (TPSA) is 21.7 Å². The molecule has 0 aliphatic heterocycles. The van der Waals surface area contributed by atoms with E-state index >= 15 is 0 Å². The van der Waals surface area contributed by atoms with Crippen molar-refractivity contribution in [2.45, 2.75) is 20.8 Å². The molecule has 4 heteroatoms. The number of hydrogen-bond acceptors (Lipinski definition) is 3. The molecule has 0 amide bonds. The maximum absolute atomic E-state index is 5.56. The minimum Gasteiger partial charge on any atom is -0.496 e. The fourth-order valence-electron chi connectivity index (χ4n) is 2.94. The first-order chi connectivity index (χ1) is 10.9. The van der Waals surface area contributed by atoms with Crippen LogP contribution in [0.4, 0.5) is 5.69 Å². The largest absolute Gasteiger partial charge is 0.496 e. The van der Waals surface area contributed by atoms with Crippen LogP contribution in [-0.2, 0) is 0 Å². The van der Waals surface area contributed by atoms with Gasteiger partial charge in [-0.3, -0.25) is 0 Å².